The maximum absolute atomic E-state index is 12.2. The number of rotatable bonds is 4. The van der Waals surface area contributed by atoms with E-state index in [1.54, 1.807) is 18.3 Å². The molecule has 1 amide bonds. The van der Waals surface area contributed by atoms with Crippen LogP contribution in [0, 0.1) is 20.8 Å². The molecule has 3 rings (SSSR count). The van der Waals surface area contributed by atoms with E-state index in [0.29, 0.717) is 5.69 Å². The molecule has 0 radical (unpaired) electrons. The van der Waals surface area contributed by atoms with Gasteiger partial charge in [0.05, 0.1) is 22.0 Å². The van der Waals surface area contributed by atoms with Crippen LogP contribution in [0.3, 0.4) is 0 Å². The molecule has 128 valence electrons. The summed E-state index contributed by atoms with van der Waals surface area (Å²) >= 11 is 7.37. The van der Waals surface area contributed by atoms with Gasteiger partial charge in [0, 0.05) is 11.6 Å². The highest BCUT2D eigenvalue weighted by Crippen LogP contribution is 2.27. The second-order valence-electron chi connectivity index (χ2n) is 5.93. The summed E-state index contributed by atoms with van der Waals surface area (Å²) in [5.41, 5.74) is 5.04. The molecule has 0 atom stereocenters. The number of nitrogens with one attached hydrogen (secondary N) is 1. The Hall–Kier alpha value is -2.11. The molecular formula is C19H18ClN3OS. The fourth-order valence-electron chi connectivity index (χ4n) is 2.69. The predicted molar refractivity (Wildman–Crippen MR) is 105 cm³/mol. The number of amides is 1. The molecule has 0 unspecified atom stereocenters. The minimum Gasteiger partial charge on any atom is -0.323 e. The van der Waals surface area contributed by atoms with Crippen LogP contribution in [0.2, 0.25) is 5.15 Å². The molecule has 0 fully saturated rings. The van der Waals surface area contributed by atoms with Crippen LogP contribution in [0.5, 0.6) is 0 Å². The molecule has 0 aliphatic heterocycles. The molecule has 3 aromatic rings. The van der Waals surface area contributed by atoms with Gasteiger partial charge in [-0.2, -0.15) is 0 Å². The summed E-state index contributed by atoms with van der Waals surface area (Å²) in [5, 5.41) is 5.05. The molecule has 25 heavy (non-hydrogen) atoms. The van der Waals surface area contributed by atoms with Gasteiger partial charge in [-0.05, 0) is 56.2 Å². The third-order valence-electron chi connectivity index (χ3n) is 3.82. The average molecular weight is 372 g/mol. The normalized spacial score (nSPS) is 10.9. The van der Waals surface area contributed by atoms with Gasteiger partial charge in [0.25, 0.3) is 0 Å². The molecule has 0 saturated heterocycles. The van der Waals surface area contributed by atoms with E-state index in [2.05, 4.69) is 43.2 Å². The lowest BCUT2D eigenvalue weighted by atomic mass is 10.0. The first-order valence-electron chi connectivity index (χ1n) is 7.86. The zero-order valence-electron chi connectivity index (χ0n) is 14.3. The lowest BCUT2D eigenvalue weighted by Crippen LogP contribution is -2.14. The Morgan fingerprint density at radius 3 is 2.76 bits per heavy atom. The van der Waals surface area contributed by atoms with E-state index in [1.807, 2.05) is 6.07 Å². The van der Waals surface area contributed by atoms with E-state index in [4.69, 9.17) is 16.6 Å². The summed E-state index contributed by atoms with van der Waals surface area (Å²) in [6.45, 7) is 6.22. The lowest BCUT2D eigenvalue weighted by Gasteiger charge is -2.10. The fraction of sp³-hybridized carbons (Fsp3) is 0.211. The molecule has 4 nitrogen and oxygen atoms in total. The molecule has 2 heterocycles. The predicted octanol–water partition coefficient (Wildman–Crippen LogP) is 4.94. The van der Waals surface area contributed by atoms with Gasteiger partial charge in [-0.25, -0.2) is 9.97 Å². The molecule has 6 heteroatoms. The number of aromatic nitrogens is 2. The number of pyridine rings is 2. The first-order valence-corrected chi connectivity index (χ1v) is 9.22. The van der Waals surface area contributed by atoms with Crippen LogP contribution in [0.4, 0.5) is 5.69 Å². The number of anilines is 1. The zero-order chi connectivity index (χ0) is 18.0. The van der Waals surface area contributed by atoms with Crippen molar-refractivity contribution in [2.75, 3.05) is 11.1 Å². The SMILES string of the molecule is Cc1cc(C)c2nc(SCC(=O)Nc3cccnc3Cl)cc(C)c2c1. The Kier molecular flexibility index (Phi) is 5.25. The molecular weight excluding hydrogens is 354 g/mol. The van der Waals surface area contributed by atoms with E-state index in [1.165, 1.54) is 17.3 Å². The van der Waals surface area contributed by atoms with Gasteiger partial charge >= 0.3 is 0 Å². The van der Waals surface area contributed by atoms with Gasteiger partial charge in [-0.1, -0.05) is 35.0 Å². The minimum atomic E-state index is -0.139. The first kappa shape index (κ1) is 17.7. The topological polar surface area (TPSA) is 54.9 Å². The van der Waals surface area contributed by atoms with Gasteiger partial charge < -0.3 is 5.32 Å². The number of carbonyl (C=O) groups excluding carboxylic acids is 1. The summed E-state index contributed by atoms with van der Waals surface area (Å²) in [6.07, 6.45) is 1.58. The van der Waals surface area contributed by atoms with E-state index >= 15 is 0 Å². The zero-order valence-corrected chi connectivity index (χ0v) is 15.8. The van der Waals surface area contributed by atoms with Crippen LogP contribution in [0.15, 0.2) is 41.6 Å². The van der Waals surface area contributed by atoms with Crippen molar-refractivity contribution < 1.29 is 4.79 Å². The largest absolute Gasteiger partial charge is 0.323 e. The van der Waals surface area contributed by atoms with Gasteiger partial charge in [0.1, 0.15) is 0 Å². The number of hydrogen-bond donors (Lipinski definition) is 1. The Labute approximate surface area is 156 Å². The fourth-order valence-corrected chi connectivity index (χ4v) is 3.63. The number of benzene rings is 1. The van der Waals surface area contributed by atoms with E-state index in [0.717, 1.165) is 27.1 Å². The highest BCUT2D eigenvalue weighted by atomic mass is 35.5. The van der Waals surface area contributed by atoms with Crippen LogP contribution in [0.25, 0.3) is 10.9 Å². The van der Waals surface area contributed by atoms with Crippen molar-refractivity contribution in [2.24, 2.45) is 0 Å². The maximum Gasteiger partial charge on any atom is 0.234 e. The average Bonchev–Trinajstić information content (AvgIpc) is 2.56. The molecule has 0 saturated carbocycles. The Morgan fingerprint density at radius 1 is 1.20 bits per heavy atom. The van der Waals surface area contributed by atoms with Crippen molar-refractivity contribution in [2.45, 2.75) is 25.8 Å². The van der Waals surface area contributed by atoms with Crippen molar-refractivity contribution in [1.29, 1.82) is 0 Å². The summed E-state index contributed by atoms with van der Waals surface area (Å²) in [4.78, 5) is 20.8. The van der Waals surface area contributed by atoms with Crippen molar-refractivity contribution in [1.82, 2.24) is 9.97 Å². The molecule has 0 bridgehead atoms. The highest BCUT2D eigenvalue weighted by Gasteiger charge is 2.10. The van der Waals surface area contributed by atoms with E-state index < -0.39 is 0 Å². The number of nitrogens with zero attached hydrogens (tertiary/aromatic N) is 2. The van der Waals surface area contributed by atoms with Crippen molar-refractivity contribution in [3.05, 3.63) is 58.4 Å². The monoisotopic (exact) mass is 371 g/mol. The van der Waals surface area contributed by atoms with E-state index in [9.17, 15) is 4.79 Å². The standard InChI is InChI=1S/C19H18ClN3OS/c1-11-7-13(3)18-14(8-11)12(2)9-17(23-18)25-10-16(24)22-15-5-4-6-21-19(15)20/h4-9H,10H2,1-3H3,(H,22,24). The Bertz CT molecular complexity index is 959. The van der Waals surface area contributed by atoms with E-state index in [-0.39, 0.29) is 16.8 Å². The summed E-state index contributed by atoms with van der Waals surface area (Å²) in [7, 11) is 0. The smallest absolute Gasteiger partial charge is 0.234 e. The van der Waals surface area contributed by atoms with Gasteiger partial charge in [-0.15, -0.1) is 0 Å². The second-order valence-corrected chi connectivity index (χ2v) is 7.29. The van der Waals surface area contributed by atoms with Gasteiger partial charge in [0.2, 0.25) is 5.91 Å². The minimum absolute atomic E-state index is 0.139. The van der Waals surface area contributed by atoms with Crippen LogP contribution in [-0.2, 0) is 4.79 Å². The van der Waals surface area contributed by atoms with Gasteiger partial charge in [-0.3, -0.25) is 4.79 Å². The van der Waals surface area contributed by atoms with Crippen molar-refractivity contribution in [3.63, 3.8) is 0 Å². The maximum atomic E-state index is 12.2. The highest BCUT2D eigenvalue weighted by molar-refractivity contribution is 7.99. The Balaban J connectivity index is 1.75. The number of thioether (sulfide) groups is 1. The molecule has 0 spiro atoms. The number of aryl methyl sites for hydroxylation is 3. The second kappa shape index (κ2) is 7.42. The Morgan fingerprint density at radius 2 is 2.00 bits per heavy atom. The molecule has 1 N–H and O–H groups in total. The van der Waals surface area contributed by atoms with Crippen LogP contribution in [-0.4, -0.2) is 21.6 Å². The molecule has 0 aliphatic rings. The van der Waals surface area contributed by atoms with Crippen molar-refractivity contribution >= 4 is 45.9 Å². The third-order valence-corrected chi connectivity index (χ3v) is 5.03. The third kappa shape index (κ3) is 4.11. The lowest BCUT2D eigenvalue weighted by molar-refractivity contribution is -0.113. The van der Waals surface area contributed by atoms with Crippen LogP contribution < -0.4 is 5.32 Å². The number of hydrogen-bond acceptors (Lipinski definition) is 4. The molecule has 0 aliphatic carbocycles. The number of fused-ring (bicyclic) bond motifs is 1. The number of halogens is 1. The number of carbonyl (C=O) groups is 1. The summed E-state index contributed by atoms with van der Waals surface area (Å²) in [6, 6.07) is 9.75. The van der Waals surface area contributed by atoms with Crippen LogP contribution >= 0.6 is 23.4 Å². The molecule has 1 aromatic carbocycles. The van der Waals surface area contributed by atoms with Crippen LogP contribution in [0.1, 0.15) is 16.7 Å². The van der Waals surface area contributed by atoms with Gasteiger partial charge in [0.15, 0.2) is 5.15 Å². The molecule has 2 aromatic heterocycles. The summed E-state index contributed by atoms with van der Waals surface area (Å²) in [5.74, 6) is 0.119. The first-order chi connectivity index (χ1) is 11.9. The summed E-state index contributed by atoms with van der Waals surface area (Å²) < 4.78 is 0. The van der Waals surface area contributed by atoms with Crippen molar-refractivity contribution in [3.8, 4) is 0 Å². The quantitative estimate of drug-likeness (QED) is 0.521.